The van der Waals surface area contributed by atoms with Crippen LogP contribution >= 0.6 is 11.6 Å². The van der Waals surface area contributed by atoms with Crippen molar-refractivity contribution in [2.75, 3.05) is 30.1 Å². The average Bonchev–Trinajstić information content (AvgIpc) is 2.72. The van der Waals surface area contributed by atoms with Crippen LogP contribution < -0.4 is 25.8 Å². The number of nitrogens with one attached hydrogen (secondary N) is 2. The number of rotatable bonds is 9. The van der Waals surface area contributed by atoms with Gasteiger partial charge in [-0.1, -0.05) is 24.9 Å². The Balaban J connectivity index is 1.74. The van der Waals surface area contributed by atoms with E-state index in [1.165, 1.54) is 6.33 Å². The second-order valence-corrected chi connectivity index (χ2v) is 6.74. The molecule has 7 nitrogen and oxygen atoms in total. The van der Waals surface area contributed by atoms with E-state index in [-0.39, 0.29) is 0 Å². The van der Waals surface area contributed by atoms with Gasteiger partial charge in [0.2, 0.25) is 0 Å². The summed E-state index contributed by atoms with van der Waals surface area (Å²) in [5.41, 5.74) is 8.14. The van der Waals surface area contributed by atoms with E-state index in [2.05, 4.69) is 27.5 Å². The van der Waals surface area contributed by atoms with Gasteiger partial charge in [-0.2, -0.15) is 0 Å². The summed E-state index contributed by atoms with van der Waals surface area (Å²) in [5, 5.41) is 6.92. The van der Waals surface area contributed by atoms with Gasteiger partial charge in [-0.3, -0.25) is 0 Å². The fraction of sp³-hybridized carbons (Fsp3) is 0.238. The maximum absolute atomic E-state index is 6.27. The van der Waals surface area contributed by atoms with E-state index >= 15 is 0 Å². The van der Waals surface area contributed by atoms with Gasteiger partial charge in [-0.25, -0.2) is 9.97 Å². The zero-order chi connectivity index (χ0) is 20.6. The highest BCUT2D eigenvalue weighted by molar-refractivity contribution is 6.31. The monoisotopic (exact) mass is 413 g/mol. The normalized spacial score (nSPS) is 10.4. The van der Waals surface area contributed by atoms with Crippen LogP contribution in [-0.2, 0) is 0 Å². The van der Waals surface area contributed by atoms with Gasteiger partial charge in [0, 0.05) is 10.7 Å². The minimum Gasteiger partial charge on any atom is -0.495 e. The highest BCUT2D eigenvalue weighted by Gasteiger charge is 2.12. The number of aromatic nitrogens is 2. The number of hydrogen-bond acceptors (Lipinski definition) is 7. The van der Waals surface area contributed by atoms with Crippen molar-refractivity contribution in [3.05, 3.63) is 53.8 Å². The number of methoxy groups -OCH3 is 1. The van der Waals surface area contributed by atoms with Crippen molar-refractivity contribution >= 4 is 40.3 Å². The summed E-state index contributed by atoms with van der Waals surface area (Å²) in [5.74, 6) is 2.39. The molecule has 1 heterocycles. The summed E-state index contributed by atoms with van der Waals surface area (Å²) in [4.78, 5) is 8.47. The Kier molecular flexibility index (Phi) is 6.97. The Morgan fingerprint density at radius 1 is 1.03 bits per heavy atom. The van der Waals surface area contributed by atoms with E-state index < -0.39 is 0 Å². The van der Waals surface area contributed by atoms with Crippen LogP contribution in [0.2, 0.25) is 5.02 Å². The molecule has 2 aromatic carbocycles. The lowest BCUT2D eigenvalue weighted by atomic mass is 10.2. The van der Waals surface area contributed by atoms with Gasteiger partial charge < -0.3 is 25.8 Å². The minimum atomic E-state index is 0.373. The second-order valence-electron chi connectivity index (χ2n) is 6.31. The third-order valence-electron chi connectivity index (χ3n) is 4.18. The molecule has 1 aromatic heterocycles. The molecule has 29 heavy (non-hydrogen) atoms. The summed E-state index contributed by atoms with van der Waals surface area (Å²) < 4.78 is 11.0. The summed E-state index contributed by atoms with van der Waals surface area (Å²) in [6.07, 6.45) is 3.56. The summed E-state index contributed by atoms with van der Waals surface area (Å²) in [6.45, 7) is 2.85. The maximum atomic E-state index is 6.27. The molecule has 0 radical (unpaired) electrons. The Morgan fingerprint density at radius 3 is 2.45 bits per heavy atom. The second kappa shape index (κ2) is 9.84. The highest BCUT2D eigenvalue weighted by Crippen LogP contribution is 2.33. The van der Waals surface area contributed by atoms with E-state index in [1.54, 1.807) is 25.3 Å². The van der Waals surface area contributed by atoms with Crippen LogP contribution in [0.4, 0.5) is 28.7 Å². The number of halogens is 1. The van der Waals surface area contributed by atoms with Crippen molar-refractivity contribution in [2.45, 2.75) is 19.8 Å². The molecular formula is C21H24ClN5O2. The van der Waals surface area contributed by atoms with Crippen LogP contribution in [0.3, 0.4) is 0 Å². The predicted octanol–water partition coefficient (Wildman–Crippen LogP) is 5.39. The molecule has 0 saturated heterocycles. The molecule has 0 aliphatic heterocycles. The number of nitrogens with zero attached hydrogens (tertiary/aromatic N) is 2. The number of ether oxygens (including phenoxy) is 2. The molecule has 0 aliphatic carbocycles. The topological polar surface area (TPSA) is 94.3 Å². The molecule has 4 N–H and O–H groups in total. The van der Waals surface area contributed by atoms with Crippen molar-refractivity contribution in [3.63, 3.8) is 0 Å². The van der Waals surface area contributed by atoms with Crippen molar-refractivity contribution < 1.29 is 9.47 Å². The van der Waals surface area contributed by atoms with Crippen molar-refractivity contribution in [1.82, 2.24) is 9.97 Å². The van der Waals surface area contributed by atoms with Gasteiger partial charge in [0.25, 0.3) is 0 Å². The first-order chi connectivity index (χ1) is 14.1. The van der Waals surface area contributed by atoms with Crippen molar-refractivity contribution in [2.24, 2.45) is 0 Å². The number of benzene rings is 2. The molecular weight excluding hydrogens is 390 g/mol. The third-order valence-corrected chi connectivity index (χ3v) is 4.42. The van der Waals surface area contributed by atoms with Crippen LogP contribution in [0.1, 0.15) is 19.8 Å². The molecule has 3 rings (SSSR count). The quantitative estimate of drug-likeness (QED) is 0.405. The standard InChI is InChI=1S/C21H24ClN5O2/c1-3-4-11-29-16-8-6-15(7-9-16)26-20-19(23)21(25-13-24-20)27-17-12-14(22)5-10-18(17)28-2/h5-10,12-13H,3-4,11,23H2,1-2H3,(H2,24,25,26,27). The molecule has 0 spiro atoms. The molecule has 8 heteroatoms. The largest absolute Gasteiger partial charge is 0.495 e. The minimum absolute atomic E-state index is 0.373. The fourth-order valence-electron chi connectivity index (χ4n) is 2.61. The van der Waals surface area contributed by atoms with Crippen molar-refractivity contribution in [1.29, 1.82) is 0 Å². The molecule has 0 amide bonds. The van der Waals surface area contributed by atoms with Crippen LogP contribution in [0.5, 0.6) is 11.5 Å². The Bertz CT molecular complexity index is 950. The molecule has 0 bridgehead atoms. The van der Waals surface area contributed by atoms with Gasteiger partial charge in [-0.15, -0.1) is 0 Å². The molecule has 0 fully saturated rings. The molecule has 0 atom stereocenters. The molecule has 0 aliphatic rings. The van der Waals surface area contributed by atoms with Gasteiger partial charge in [0.15, 0.2) is 11.6 Å². The van der Waals surface area contributed by atoms with Gasteiger partial charge in [0.1, 0.15) is 23.5 Å². The number of unbranched alkanes of at least 4 members (excludes halogenated alkanes) is 1. The van der Waals surface area contributed by atoms with Crippen molar-refractivity contribution in [3.8, 4) is 11.5 Å². The predicted molar refractivity (Wildman–Crippen MR) is 118 cm³/mol. The van der Waals surface area contributed by atoms with Gasteiger partial charge >= 0.3 is 0 Å². The summed E-state index contributed by atoms with van der Waals surface area (Å²) >= 11 is 6.09. The molecule has 152 valence electrons. The van der Waals surface area contributed by atoms with Crippen LogP contribution in [-0.4, -0.2) is 23.7 Å². The smallest absolute Gasteiger partial charge is 0.159 e. The van der Waals surface area contributed by atoms with E-state index in [0.29, 0.717) is 40.4 Å². The zero-order valence-corrected chi connectivity index (χ0v) is 17.2. The first-order valence-electron chi connectivity index (χ1n) is 9.31. The number of hydrogen-bond donors (Lipinski definition) is 3. The summed E-state index contributed by atoms with van der Waals surface area (Å²) in [6, 6.07) is 12.9. The first-order valence-corrected chi connectivity index (χ1v) is 9.69. The Hall–Kier alpha value is -3.19. The third kappa shape index (κ3) is 5.42. The maximum Gasteiger partial charge on any atom is 0.159 e. The fourth-order valence-corrected chi connectivity index (χ4v) is 2.78. The number of nitrogen functional groups attached to an aromatic ring is 1. The Labute approximate surface area is 175 Å². The molecule has 3 aromatic rings. The first kappa shape index (κ1) is 20.5. The van der Waals surface area contributed by atoms with Crippen LogP contribution in [0.25, 0.3) is 0 Å². The average molecular weight is 414 g/mol. The Morgan fingerprint density at radius 2 is 1.76 bits per heavy atom. The molecule has 0 saturated carbocycles. The SMILES string of the molecule is CCCCOc1ccc(Nc2ncnc(Nc3cc(Cl)ccc3OC)c2N)cc1. The lowest BCUT2D eigenvalue weighted by molar-refractivity contribution is 0.309. The van der Waals surface area contributed by atoms with Crippen LogP contribution in [0, 0.1) is 0 Å². The zero-order valence-electron chi connectivity index (χ0n) is 16.4. The number of nitrogens with two attached hydrogens (primary N) is 1. The van der Waals surface area contributed by atoms with E-state index in [0.717, 1.165) is 24.3 Å². The van der Waals surface area contributed by atoms with E-state index in [9.17, 15) is 0 Å². The van der Waals surface area contributed by atoms with E-state index in [1.807, 2.05) is 24.3 Å². The number of anilines is 5. The van der Waals surface area contributed by atoms with Gasteiger partial charge in [-0.05, 0) is 48.9 Å². The lowest BCUT2D eigenvalue weighted by Crippen LogP contribution is -2.06. The highest BCUT2D eigenvalue weighted by atomic mass is 35.5. The molecule has 0 unspecified atom stereocenters. The summed E-state index contributed by atoms with van der Waals surface area (Å²) in [7, 11) is 1.58. The van der Waals surface area contributed by atoms with Crippen LogP contribution in [0.15, 0.2) is 48.8 Å². The van der Waals surface area contributed by atoms with E-state index in [4.69, 9.17) is 26.8 Å². The lowest BCUT2D eigenvalue weighted by Gasteiger charge is -2.15. The van der Waals surface area contributed by atoms with Gasteiger partial charge in [0.05, 0.1) is 19.4 Å².